The summed E-state index contributed by atoms with van der Waals surface area (Å²) in [7, 11) is -2.57. The van der Waals surface area contributed by atoms with Crippen LogP contribution in [0.25, 0.3) is 0 Å². The Labute approximate surface area is 191 Å². The highest BCUT2D eigenvalue weighted by molar-refractivity contribution is 7.89. The normalized spacial score (nSPS) is 11.5. The van der Waals surface area contributed by atoms with Gasteiger partial charge in [0.25, 0.3) is 5.56 Å². The molecule has 0 saturated heterocycles. The molecule has 1 aromatic carbocycles. The van der Waals surface area contributed by atoms with Gasteiger partial charge in [0.1, 0.15) is 11.4 Å². The van der Waals surface area contributed by atoms with E-state index in [2.05, 4.69) is 0 Å². The maximum Gasteiger partial charge on any atom is 0.338 e. The number of anilines is 1. The molecule has 33 heavy (non-hydrogen) atoms. The Balaban J connectivity index is 2.29. The fourth-order valence-corrected chi connectivity index (χ4v) is 4.77. The van der Waals surface area contributed by atoms with Gasteiger partial charge in [0.15, 0.2) is 6.61 Å². The van der Waals surface area contributed by atoms with Gasteiger partial charge in [-0.15, -0.1) is 0 Å². The standard InChI is InChI=1S/C21H28N4O7S/c1-5-11-25-18(22)17(19(27)23(4)21(25)29)16(26)13-32-20(28)14-9-8-10-15(12-14)33(30,31)24(6-2)7-3/h8-10,12H,5-7,11,13,22H2,1-4H3. The molecule has 0 bridgehead atoms. The summed E-state index contributed by atoms with van der Waals surface area (Å²) in [4.78, 5) is 49.7. The van der Waals surface area contributed by atoms with E-state index in [0.29, 0.717) is 6.42 Å². The molecule has 12 heteroatoms. The Kier molecular flexibility index (Phi) is 8.34. The molecule has 0 saturated carbocycles. The molecule has 0 aliphatic carbocycles. The average Bonchev–Trinajstić information content (AvgIpc) is 2.79. The second-order valence-corrected chi connectivity index (χ2v) is 9.11. The van der Waals surface area contributed by atoms with Crippen molar-refractivity contribution in [2.75, 3.05) is 25.4 Å². The van der Waals surface area contributed by atoms with Crippen LogP contribution < -0.4 is 17.0 Å². The summed E-state index contributed by atoms with van der Waals surface area (Å²) in [5.74, 6) is -2.12. The van der Waals surface area contributed by atoms with Gasteiger partial charge in [0.05, 0.1) is 10.5 Å². The molecular formula is C21H28N4O7S. The van der Waals surface area contributed by atoms with Crippen LogP contribution >= 0.6 is 0 Å². The molecular weight excluding hydrogens is 452 g/mol. The van der Waals surface area contributed by atoms with E-state index < -0.39 is 45.2 Å². The fraction of sp³-hybridized carbons (Fsp3) is 0.429. The summed E-state index contributed by atoms with van der Waals surface area (Å²) >= 11 is 0. The van der Waals surface area contributed by atoms with Crippen LogP contribution in [0.1, 0.15) is 47.9 Å². The van der Waals surface area contributed by atoms with Crippen molar-refractivity contribution in [1.29, 1.82) is 0 Å². The third-order valence-electron chi connectivity index (χ3n) is 5.06. The molecule has 180 valence electrons. The van der Waals surface area contributed by atoms with Crippen LogP contribution in [0.15, 0.2) is 38.8 Å². The summed E-state index contributed by atoms with van der Waals surface area (Å²) in [6, 6.07) is 5.26. The molecule has 0 unspecified atom stereocenters. The quantitative estimate of drug-likeness (QED) is 0.384. The molecule has 11 nitrogen and oxygen atoms in total. The minimum Gasteiger partial charge on any atom is -0.454 e. The lowest BCUT2D eigenvalue weighted by Gasteiger charge is -2.18. The van der Waals surface area contributed by atoms with Gasteiger partial charge in [-0.25, -0.2) is 18.0 Å². The predicted octanol–water partition coefficient (Wildman–Crippen LogP) is 0.609. The van der Waals surface area contributed by atoms with E-state index in [1.807, 2.05) is 0 Å². The van der Waals surface area contributed by atoms with Crippen molar-refractivity contribution in [1.82, 2.24) is 13.4 Å². The molecule has 0 fully saturated rings. The van der Waals surface area contributed by atoms with Gasteiger partial charge in [-0.05, 0) is 24.6 Å². The van der Waals surface area contributed by atoms with Crippen molar-refractivity contribution in [3.63, 3.8) is 0 Å². The number of aromatic nitrogens is 2. The number of esters is 1. The number of nitrogens with two attached hydrogens (primary N) is 1. The van der Waals surface area contributed by atoms with Crippen molar-refractivity contribution in [3.05, 3.63) is 56.2 Å². The van der Waals surface area contributed by atoms with Gasteiger partial charge in [0, 0.05) is 26.7 Å². The zero-order valence-corrected chi connectivity index (χ0v) is 19.8. The molecule has 0 spiro atoms. The van der Waals surface area contributed by atoms with Crippen LogP contribution in [0, 0.1) is 0 Å². The third-order valence-corrected chi connectivity index (χ3v) is 7.10. The number of hydrogen-bond acceptors (Lipinski definition) is 8. The molecule has 0 radical (unpaired) electrons. The van der Waals surface area contributed by atoms with Crippen molar-refractivity contribution in [2.45, 2.75) is 38.6 Å². The predicted molar refractivity (Wildman–Crippen MR) is 122 cm³/mol. The first-order valence-electron chi connectivity index (χ1n) is 10.4. The Morgan fingerprint density at radius 1 is 1.12 bits per heavy atom. The molecule has 2 rings (SSSR count). The number of nitrogen functional groups attached to an aromatic ring is 1. The van der Waals surface area contributed by atoms with E-state index in [4.69, 9.17) is 10.5 Å². The maximum atomic E-state index is 12.7. The van der Waals surface area contributed by atoms with Gasteiger partial charge in [-0.1, -0.05) is 26.8 Å². The first-order valence-corrected chi connectivity index (χ1v) is 11.8. The van der Waals surface area contributed by atoms with Gasteiger partial charge >= 0.3 is 11.7 Å². The topological polar surface area (TPSA) is 151 Å². The molecule has 2 N–H and O–H groups in total. The summed E-state index contributed by atoms with van der Waals surface area (Å²) in [5, 5.41) is 0. The molecule has 0 aliphatic heterocycles. The average molecular weight is 481 g/mol. The number of sulfonamides is 1. The first kappa shape index (κ1) is 26.0. The van der Waals surface area contributed by atoms with E-state index in [0.717, 1.165) is 15.2 Å². The fourth-order valence-electron chi connectivity index (χ4n) is 3.27. The van der Waals surface area contributed by atoms with Crippen LogP contribution in [-0.4, -0.2) is 53.3 Å². The molecule has 1 aromatic heterocycles. The smallest absolute Gasteiger partial charge is 0.338 e. The zero-order valence-electron chi connectivity index (χ0n) is 19.0. The summed E-state index contributed by atoms with van der Waals surface area (Å²) in [6.45, 7) is 5.11. The number of Topliss-reactive ketones (excluding diaryl/α,β-unsaturated/α-hetero) is 1. The number of benzene rings is 1. The lowest BCUT2D eigenvalue weighted by Crippen LogP contribution is -2.43. The van der Waals surface area contributed by atoms with Crippen LogP contribution in [0.2, 0.25) is 0 Å². The summed E-state index contributed by atoms with van der Waals surface area (Å²) in [6.07, 6.45) is 0.539. The monoisotopic (exact) mass is 480 g/mol. The lowest BCUT2D eigenvalue weighted by molar-refractivity contribution is 0.0474. The minimum absolute atomic E-state index is 0.0761. The summed E-state index contributed by atoms with van der Waals surface area (Å²) in [5.41, 5.74) is 3.83. The third kappa shape index (κ3) is 5.22. The molecule has 0 amide bonds. The van der Waals surface area contributed by atoms with E-state index in [1.54, 1.807) is 20.8 Å². The van der Waals surface area contributed by atoms with Crippen molar-refractivity contribution in [3.8, 4) is 0 Å². The number of ether oxygens (including phenoxy) is 1. The van der Waals surface area contributed by atoms with E-state index >= 15 is 0 Å². The SMILES string of the molecule is CCCn1c(N)c(C(=O)COC(=O)c2cccc(S(=O)(=O)N(CC)CC)c2)c(=O)n(C)c1=O. The largest absolute Gasteiger partial charge is 0.454 e. The second kappa shape index (κ2) is 10.6. The van der Waals surface area contributed by atoms with Crippen LogP contribution in [0.4, 0.5) is 5.82 Å². The number of nitrogens with zero attached hydrogens (tertiary/aromatic N) is 3. The molecule has 0 atom stereocenters. The zero-order chi connectivity index (χ0) is 24.9. The van der Waals surface area contributed by atoms with Crippen molar-refractivity contribution < 1.29 is 22.7 Å². The Morgan fingerprint density at radius 2 is 1.76 bits per heavy atom. The van der Waals surface area contributed by atoms with E-state index in [-0.39, 0.29) is 35.9 Å². The lowest BCUT2D eigenvalue weighted by atomic mass is 10.2. The van der Waals surface area contributed by atoms with Crippen LogP contribution in [0.3, 0.4) is 0 Å². The van der Waals surface area contributed by atoms with Crippen LogP contribution in [0.5, 0.6) is 0 Å². The Hall–Kier alpha value is -3.25. The van der Waals surface area contributed by atoms with Crippen LogP contribution in [-0.2, 0) is 28.4 Å². The van der Waals surface area contributed by atoms with Gasteiger partial charge in [0.2, 0.25) is 15.8 Å². The highest BCUT2D eigenvalue weighted by Crippen LogP contribution is 2.17. The highest BCUT2D eigenvalue weighted by Gasteiger charge is 2.25. The number of hydrogen-bond donors (Lipinski definition) is 1. The van der Waals surface area contributed by atoms with E-state index in [1.165, 1.54) is 29.6 Å². The Bertz CT molecular complexity index is 1270. The van der Waals surface area contributed by atoms with Gasteiger partial charge in [-0.3, -0.25) is 18.7 Å². The van der Waals surface area contributed by atoms with Gasteiger partial charge in [-0.2, -0.15) is 4.31 Å². The number of ketones is 1. The summed E-state index contributed by atoms with van der Waals surface area (Å²) < 4.78 is 33.5. The van der Waals surface area contributed by atoms with Crippen molar-refractivity contribution >= 4 is 27.6 Å². The Morgan fingerprint density at radius 3 is 2.33 bits per heavy atom. The molecule has 0 aliphatic rings. The number of rotatable bonds is 10. The van der Waals surface area contributed by atoms with E-state index in [9.17, 15) is 27.6 Å². The van der Waals surface area contributed by atoms with Gasteiger partial charge < -0.3 is 10.5 Å². The molecule has 1 heterocycles. The molecule has 2 aromatic rings. The number of carbonyl (C=O) groups is 2. The first-order chi connectivity index (χ1) is 15.5. The maximum absolute atomic E-state index is 12.7. The number of carbonyl (C=O) groups excluding carboxylic acids is 2. The highest BCUT2D eigenvalue weighted by atomic mass is 32.2. The second-order valence-electron chi connectivity index (χ2n) is 7.18. The van der Waals surface area contributed by atoms with Crippen molar-refractivity contribution in [2.24, 2.45) is 7.05 Å². The minimum atomic E-state index is -3.80.